The fourth-order valence-electron chi connectivity index (χ4n) is 2.77. The number of imide groups is 1. The average Bonchev–Trinajstić information content (AvgIpc) is 2.56. The van der Waals surface area contributed by atoms with E-state index in [9.17, 15) is 9.59 Å². The maximum Gasteiger partial charge on any atom is 0.233 e. The van der Waals surface area contributed by atoms with Gasteiger partial charge in [0.15, 0.2) is 0 Å². The van der Waals surface area contributed by atoms with Crippen molar-refractivity contribution in [1.82, 2.24) is 10.2 Å². The van der Waals surface area contributed by atoms with Crippen LogP contribution in [0.1, 0.15) is 19.8 Å². The van der Waals surface area contributed by atoms with Crippen molar-refractivity contribution in [3.05, 3.63) is 12.2 Å². The van der Waals surface area contributed by atoms with Crippen molar-refractivity contribution < 1.29 is 9.59 Å². The van der Waals surface area contributed by atoms with Crippen LogP contribution in [-0.2, 0) is 9.59 Å². The molecule has 4 nitrogen and oxygen atoms in total. The van der Waals surface area contributed by atoms with Crippen molar-refractivity contribution in [2.45, 2.75) is 19.8 Å². The lowest BCUT2D eigenvalue weighted by Gasteiger charge is -2.19. The van der Waals surface area contributed by atoms with Crippen LogP contribution in [0.4, 0.5) is 0 Å². The number of carbonyl (C=O) groups excluding carboxylic acids is 2. The molecule has 0 radical (unpaired) electrons. The van der Waals surface area contributed by atoms with E-state index in [1.165, 1.54) is 4.90 Å². The number of carbonyl (C=O) groups is 2. The monoisotopic (exact) mass is 236 g/mol. The van der Waals surface area contributed by atoms with E-state index in [2.05, 4.69) is 12.2 Å². The lowest BCUT2D eigenvalue weighted by Crippen LogP contribution is -2.37. The predicted octanol–water partition coefficient (Wildman–Crippen LogP) is 0.793. The summed E-state index contributed by atoms with van der Waals surface area (Å²) >= 11 is 0. The van der Waals surface area contributed by atoms with E-state index in [1.54, 1.807) is 0 Å². The van der Waals surface area contributed by atoms with E-state index in [4.69, 9.17) is 0 Å². The van der Waals surface area contributed by atoms with Crippen LogP contribution < -0.4 is 5.32 Å². The number of fused-ring (bicyclic) bond motifs is 1. The molecule has 2 rings (SSSR count). The highest BCUT2D eigenvalue weighted by Gasteiger charge is 2.47. The van der Waals surface area contributed by atoms with Gasteiger partial charge in [-0.05, 0) is 32.4 Å². The van der Waals surface area contributed by atoms with Crippen LogP contribution in [0.5, 0.6) is 0 Å². The smallest absolute Gasteiger partial charge is 0.233 e. The molecule has 4 heteroatoms. The summed E-state index contributed by atoms with van der Waals surface area (Å²) in [6, 6.07) is 0. The summed E-state index contributed by atoms with van der Waals surface area (Å²) in [5.41, 5.74) is 0. The van der Waals surface area contributed by atoms with Gasteiger partial charge in [-0.15, -0.1) is 0 Å². The van der Waals surface area contributed by atoms with Gasteiger partial charge in [-0.2, -0.15) is 0 Å². The fourth-order valence-corrected chi connectivity index (χ4v) is 2.77. The van der Waals surface area contributed by atoms with E-state index in [0.717, 1.165) is 19.4 Å². The number of allylic oxidation sites excluding steroid dienone is 2. The van der Waals surface area contributed by atoms with E-state index in [1.807, 2.05) is 19.2 Å². The first-order valence-electron chi connectivity index (χ1n) is 6.30. The van der Waals surface area contributed by atoms with Crippen LogP contribution in [0.2, 0.25) is 0 Å². The predicted molar refractivity (Wildman–Crippen MR) is 65.2 cm³/mol. The molecule has 3 unspecified atom stereocenters. The third kappa shape index (κ3) is 2.27. The van der Waals surface area contributed by atoms with Gasteiger partial charge in [-0.3, -0.25) is 14.5 Å². The van der Waals surface area contributed by atoms with Crippen molar-refractivity contribution in [3.8, 4) is 0 Å². The van der Waals surface area contributed by atoms with E-state index >= 15 is 0 Å². The Hall–Kier alpha value is -1.16. The average molecular weight is 236 g/mol. The topological polar surface area (TPSA) is 49.4 Å². The zero-order valence-electron chi connectivity index (χ0n) is 10.5. The maximum absolute atomic E-state index is 12.1. The number of hydrogen-bond donors (Lipinski definition) is 1. The van der Waals surface area contributed by atoms with Gasteiger partial charge in [0.1, 0.15) is 0 Å². The molecular weight excluding hydrogens is 216 g/mol. The molecule has 1 aliphatic carbocycles. The van der Waals surface area contributed by atoms with Crippen LogP contribution in [0.25, 0.3) is 0 Å². The Morgan fingerprint density at radius 3 is 2.29 bits per heavy atom. The van der Waals surface area contributed by atoms with Crippen LogP contribution >= 0.6 is 0 Å². The second kappa shape index (κ2) is 5.00. The molecular formula is C13H20N2O2. The van der Waals surface area contributed by atoms with Gasteiger partial charge in [0.05, 0.1) is 11.8 Å². The SMILES string of the molecule is CNCC(C)CN1C(=O)C2CC=CCC2C1=O. The van der Waals surface area contributed by atoms with Crippen molar-refractivity contribution in [2.24, 2.45) is 17.8 Å². The number of amides is 2. The Balaban J connectivity index is 2.05. The van der Waals surface area contributed by atoms with Crippen LogP contribution in [0.15, 0.2) is 12.2 Å². The highest BCUT2D eigenvalue weighted by molar-refractivity contribution is 6.05. The minimum absolute atomic E-state index is 0.0345. The molecule has 0 aromatic rings. The Morgan fingerprint density at radius 1 is 1.29 bits per heavy atom. The highest BCUT2D eigenvalue weighted by atomic mass is 16.2. The number of likely N-dealkylation sites (tertiary alicyclic amines) is 1. The van der Waals surface area contributed by atoms with Gasteiger partial charge in [0.2, 0.25) is 11.8 Å². The molecule has 1 N–H and O–H groups in total. The summed E-state index contributed by atoms with van der Waals surface area (Å²) in [5.74, 6) is 0.198. The Labute approximate surface area is 102 Å². The standard InChI is InChI=1S/C13H20N2O2/c1-9(7-14-2)8-15-12(16)10-5-3-4-6-11(10)13(15)17/h3-4,9-11,14H,5-8H2,1-2H3. The van der Waals surface area contributed by atoms with Crippen molar-refractivity contribution >= 4 is 11.8 Å². The van der Waals surface area contributed by atoms with Crippen molar-refractivity contribution in [1.29, 1.82) is 0 Å². The fraction of sp³-hybridized carbons (Fsp3) is 0.692. The maximum atomic E-state index is 12.1. The summed E-state index contributed by atoms with van der Waals surface area (Å²) < 4.78 is 0. The van der Waals surface area contributed by atoms with Crippen LogP contribution in [-0.4, -0.2) is 36.9 Å². The quantitative estimate of drug-likeness (QED) is 0.580. The molecule has 0 saturated carbocycles. The summed E-state index contributed by atoms with van der Waals surface area (Å²) in [7, 11) is 1.88. The molecule has 1 aliphatic heterocycles. The number of rotatable bonds is 4. The van der Waals surface area contributed by atoms with Gasteiger partial charge in [0, 0.05) is 6.54 Å². The molecule has 2 amide bonds. The Kier molecular flexibility index (Phi) is 3.62. The Morgan fingerprint density at radius 2 is 1.82 bits per heavy atom. The van der Waals surface area contributed by atoms with Crippen molar-refractivity contribution in [2.75, 3.05) is 20.1 Å². The third-order valence-electron chi connectivity index (χ3n) is 3.65. The molecule has 94 valence electrons. The number of nitrogens with zero attached hydrogens (tertiary/aromatic N) is 1. The van der Waals surface area contributed by atoms with Crippen molar-refractivity contribution in [3.63, 3.8) is 0 Å². The van der Waals surface area contributed by atoms with E-state index in [0.29, 0.717) is 12.5 Å². The second-order valence-corrected chi connectivity index (χ2v) is 5.11. The van der Waals surface area contributed by atoms with Crippen LogP contribution in [0, 0.1) is 17.8 Å². The van der Waals surface area contributed by atoms with E-state index in [-0.39, 0.29) is 23.7 Å². The van der Waals surface area contributed by atoms with Crippen LogP contribution in [0.3, 0.4) is 0 Å². The lowest BCUT2D eigenvalue weighted by atomic mass is 9.85. The van der Waals surface area contributed by atoms with Gasteiger partial charge >= 0.3 is 0 Å². The Bertz CT molecular complexity index is 325. The second-order valence-electron chi connectivity index (χ2n) is 5.11. The number of nitrogens with one attached hydrogen (secondary N) is 1. The van der Waals surface area contributed by atoms with Gasteiger partial charge in [-0.1, -0.05) is 19.1 Å². The first kappa shape index (κ1) is 12.3. The molecule has 1 fully saturated rings. The first-order chi connectivity index (χ1) is 8.15. The third-order valence-corrected chi connectivity index (χ3v) is 3.65. The largest absolute Gasteiger partial charge is 0.319 e. The summed E-state index contributed by atoms with van der Waals surface area (Å²) in [5, 5.41) is 3.07. The van der Waals surface area contributed by atoms with Gasteiger partial charge < -0.3 is 5.32 Å². The first-order valence-corrected chi connectivity index (χ1v) is 6.30. The van der Waals surface area contributed by atoms with Gasteiger partial charge in [0.25, 0.3) is 0 Å². The molecule has 2 aliphatic rings. The lowest BCUT2D eigenvalue weighted by molar-refractivity contribution is -0.140. The highest BCUT2D eigenvalue weighted by Crippen LogP contribution is 2.35. The molecule has 0 bridgehead atoms. The molecule has 1 heterocycles. The molecule has 3 atom stereocenters. The number of hydrogen-bond acceptors (Lipinski definition) is 3. The minimum Gasteiger partial charge on any atom is -0.319 e. The molecule has 0 spiro atoms. The van der Waals surface area contributed by atoms with E-state index < -0.39 is 0 Å². The van der Waals surface area contributed by atoms with Gasteiger partial charge in [-0.25, -0.2) is 0 Å². The molecule has 0 aromatic carbocycles. The molecule has 17 heavy (non-hydrogen) atoms. The molecule has 0 aromatic heterocycles. The minimum atomic E-state index is -0.0886. The zero-order valence-corrected chi connectivity index (χ0v) is 10.5. The normalized spacial score (nSPS) is 29.6. The summed E-state index contributed by atoms with van der Waals surface area (Å²) in [6.45, 7) is 3.42. The summed E-state index contributed by atoms with van der Waals surface area (Å²) in [6.07, 6.45) is 5.50. The summed E-state index contributed by atoms with van der Waals surface area (Å²) in [4.78, 5) is 25.8. The zero-order chi connectivity index (χ0) is 12.4. The molecule has 1 saturated heterocycles.